The van der Waals surface area contributed by atoms with Crippen molar-refractivity contribution in [2.24, 2.45) is 11.3 Å². The van der Waals surface area contributed by atoms with Crippen molar-refractivity contribution in [1.29, 1.82) is 0 Å². The van der Waals surface area contributed by atoms with Crippen LogP contribution in [0.4, 0.5) is 0 Å². The molecule has 29 heavy (non-hydrogen) atoms. The first kappa shape index (κ1) is 17.3. The monoisotopic (exact) mass is 381 g/mol. The number of nitrogens with zero attached hydrogens (tertiary/aromatic N) is 1. The van der Waals surface area contributed by atoms with E-state index in [9.17, 15) is 4.79 Å². The minimum Gasteiger partial charge on any atom is -0.370 e. The maximum atomic E-state index is 14.3. The summed E-state index contributed by atoms with van der Waals surface area (Å²) in [6.45, 7) is 7.56. The maximum absolute atomic E-state index is 14.3. The first-order chi connectivity index (χ1) is 14.2. The molecule has 7 rings (SSSR count). The Hall–Kier alpha value is -2.61. The molecule has 2 heteroatoms. The van der Waals surface area contributed by atoms with Crippen molar-refractivity contribution >= 4 is 22.1 Å². The first-order valence-corrected chi connectivity index (χ1v) is 11.1. The number of Topliss-reactive ketones (excluding diaryl/α,β-unsaturated/α-hetero) is 1. The quantitative estimate of drug-likeness (QED) is 0.642. The van der Waals surface area contributed by atoms with Crippen LogP contribution in [-0.4, -0.2) is 23.3 Å². The minimum atomic E-state index is -0.430. The third kappa shape index (κ3) is 1.59. The summed E-state index contributed by atoms with van der Waals surface area (Å²) in [5.41, 5.74) is 4.35. The van der Waals surface area contributed by atoms with Gasteiger partial charge in [-0.3, -0.25) is 4.79 Å². The molecule has 0 unspecified atom stereocenters. The summed E-state index contributed by atoms with van der Waals surface area (Å²) in [5.74, 6) is 0.530. The normalized spacial score (nSPS) is 33.6. The molecule has 2 aliphatic heterocycles. The highest BCUT2D eigenvalue weighted by Gasteiger charge is 2.72. The van der Waals surface area contributed by atoms with Gasteiger partial charge < -0.3 is 4.90 Å². The Balaban J connectivity index is 1.85. The van der Waals surface area contributed by atoms with Crippen molar-refractivity contribution in [3.63, 3.8) is 0 Å². The number of rotatable bonds is 3. The van der Waals surface area contributed by atoms with Gasteiger partial charge in [0, 0.05) is 18.0 Å². The van der Waals surface area contributed by atoms with Crippen molar-refractivity contribution in [3.05, 3.63) is 77.5 Å². The van der Waals surface area contributed by atoms with Crippen molar-refractivity contribution in [3.8, 4) is 0 Å². The predicted octanol–water partition coefficient (Wildman–Crippen LogP) is 5.64. The Morgan fingerprint density at radius 2 is 1.79 bits per heavy atom. The molecular weight excluding hydrogens is 354 g/mol. The van der Waals surface area contributed by atoms with E-state index in [0.29, 0.717) is 5.78 Å². The van der Waals surface area contributed by atoms with Gasteiger partial charge in [-0.15, -0.1) is 0 Å². The topological polar surface area (TPSA) is 20.3 Å². The Labute approximate surface area is 172 Å². The lowest BCUT2D eigenvalue weighted by molar-refractivity contribution is -0.129. The zero-order chi connectivity index (χ0) is 20.0. The van der Waals surface area contributed by atoms with Gasteiger partial charge in [-0.2, -0.15) is 0 Å². The summed E-state index contributed by atoms with van der Waals surface area (Å²) in [6.07, 6.45) is 10.9. The molecule has 0 saturated heterocycles. The summed E-state index contributed by atoms with van der Waals surface area (Å²) < 4.78 is 0. The highest BCUT2D eigenvalue weighted by atomic mass is 16.1. The summed E-state index contributed by atoms with van der Waals surface area (Å²) in [5, 5.41) is 2.67. The smallest absolute Gasteiger partial charge is 0.167 e. The van der Waals surface area contributed by atoms with Crippen LogP contribution in [0, 0.1) is 11.3 Å². The van der Waals surface area contributed by atoms with Gasteiger partial charge >= 0.3 is 0 Å². The molecule has 2 heterocycles. The molecule has 2 nitrogen and oxygen atoms in total. The molecule has 3 aliphatic carbocycles. The minimum absolute atomic E-state index is 0.136. The van der Waals surface area contributed by atoms with Crippen LogP contribution in [0.15, 0.2) is 66.4 Å². The van der Waals surface area contributed by atoms with Crippen molar-refractivity contribution in [2.75, 3.05) is 6.54 Å². The SMILES string of the molecule is CCC1=C2c3cccc4cccc(c34)[C@@]23[C@H]2C=C[C@H](C=CN2CC)[C@@]3(CC)C1=O. The molecule has 0 amide bonds. The van der Waals surface area contributed by atoms with Gasteiger partial charge in [-0.05, 0) is 53.4 Å². The van der Waals surface area contributed by atoms with E-state index in [1.165, 1.54) is 27.5 Å². The van der Waals surface area contributed by atoms with Gasteiger partial charge in [0.05, 0.1) is 16.9 Å². The fourth-order valence-electron chi connectivity index (χ4n) is 7.37. The molecule has 0 fully saturated rings. The second-order valence-corrected chi connectivity index (χ2v) is 8.91. The number of hydrogen-bond donors (Lipinski definition) is 0. The van der Waals surface area contributed by atoms with Crippen molar-refractivity contribution < 1.29 is 4.79 Å². The molecule has 2 aromatic carbocycles. The average Bonchev–Trinajstić information content (AvgIpc) is 2.99. The molecule has 146 valence electrons. The van der Waals surface area contributed by atoms with Crippen LogP contribution in [0.3, 0.4) is 0 Å². The van der Waals surface area contributed by atoms with Gasteiger partial charge in [0.15, 0.2) is 5.78 Å². The van der Waals surface area contributed by atoms with Crippen LogP contribution in [0.2, 0.25) is 0 Å². The van der Waals surface area contributed by atoms with Crippen molar-refractivity contribution in [2.45, 2.75) is 45.1 Å². The molecule has 0 saturated carbocycles. The number of carbonyl (C=O) groups excluding carboxylic acids is 1. The van der Waals surface area contributed by atoms with Gasteiger partial charge in [-0.1, -0.05) is 68.5 Å². The van der Waals surface area contributed by atoms with E-state index >= 15 is 0 Å². The Bertz CT molecular complexity index is 1160. The fourth-order valence-corrected chi connectivity index (χ4v) is 7.37. The zero-order valence-corrected chi connectivity index (χ0v) is 17.4. The molecule has 1 spiro atoms. The van der Waals surface area contributed by atoms with E-state index < -0.39 is 5.41 Å². The van der Waals surface area contributed by atoms with Crippen LogP contribution < -0.4 is 0 Å². The number of hydrogen-bond acceptors (Lipinski definition) is 2. The van der Waals surface area contributed by atoms with Crippen molar-refractivity contribution in [1.82, 2.24) is 4.90 Å². The Kier molecular flexibility index (Phi) is 3.28. The number of ketones is 1. The molecule has 0 aromatic heterocycles. The molecule has 4 atom stereocenters. The second kappa shape index (κ2) is 5.50. The van der Waals surface area contributed by atoms with E-state index in [0.717, 1.165) is 25.0 Å². The molecular formula is C27H27NO. The summed E-state index contributed by atoms with van der Waals surface area (Å²) >= 11 is 0. The van der Waals surface area contributed by atoms with Crippen LogP contribution >= 0.6 is 0 Å². The molecule has 0 radical (unpaired) electrons. The number of carbonyl (C=O) groups is 1. The standard InChI is InChI=1S/C27H27NO/c1-4-19-24-20-11-7-9-17-10-8-12-21(23(17)20)27(24)22-14-13-18(15-16-28(22)6-3)26(27,5-2)25(19)29/h7-16,18,22H,4-6H2,1-3H3/t18-,22-,26+,27-/m1/s1. The third-order valence-electron chi connectivity index (χ3n) is 8.31. The van der Waals surface area contributed by atoms with Gasteiger partial charge in [0.25, 0.3) is 0 Å². The molecule has 0 N–H and O–H groups in total. The van der Waals surface area contributed by atoms with Crippen LogP contribution in [-0.2, 0) is 10.2 Å². The van der Waals surface area contributed by atoms with Gasteiger partial charge in [-0.25, -0.2) is 0 Å². The molecule has 5 aliphatic rings. The largest absolute Gasteiger partial charge is 0.370 e. The number of fused-ring (bicyclic) bond motifs is 2. The summed E-state index contributed by atoms with van der Waals surface area (Å²) in [6, 6.07) is 13.6. The highest BCUT2D eigenvalue weighted by molar-refractivity contribution is 6.22. The second-order valence-electron chi connectivity index (χ2n) is 8.91. The van der Waals surface area contributed by atoms with E-state index in [4.69, 9.17) is 0 Å². The lowest BCUT2D eigenvalue weighted by Crippen LogP contribution is -2.60. The lowest BCUT2D eigenvalue weighted by atomic mass is 9.49. The third-order valence-corrected chi connectivity index (χ3v) is 8.31. The highest BCUT2D eigenvalue weighted by Crippen LogP contribution is 2.72. The van der Waals surface area contributed by atoms with Crippen LogP contribution in [0.25, 0.3) is 16.3 Å². The Morgan fingerprint density at radius 1 is 1.00 bits per heavy atom. The molecule has 2 aromatic rings. The van der Waals surface area contributed by atoms with E-state index in [2.05, 4.69) is 86.5 Å². The summed E-state index contributed by atoms with van der Waals surface area (Å²) in [4.78, 5) is 16.7. The predicted molar refractivity (Wildman–Crippen MR) is 119 cm³/mol. The number of benzene rings is 2. The van der Waals surface area contributed by atoms with Crippen LogP contribution in [0.5, 0.6) is 0 Å². The van der Waals surface area contributed by atoms with Crippen LogP contribution in [0.1, 0.15) is 44.7 Å². The molecule has 2 bridgehead atoms. The van der Waals surface area contributed by atoms with E-state index in [1.807, 2.05) is 0 Å². The average molecular weight is 382 g/mol. The van der Waals surface area contributed by atoms with Gasteiger partial charge in [0.2, 0.25) is 0 Å². The Morgan fingerprint density at radius 3 is 2.52 bits per heavy atom. The maximum Gasteiger partial charge on any atom is 0.167 e. The zero-order valence-electron chi connectivity index (χ0n) is 17.4. The van der Waals surface area contributed by atoms with E-state index in [1.54, 1.807) is 0 Å². The fraction of sp³-hybridized carbons (Fsp3) is 0.370. The van der Waals surface area contributed by atoms with Gasteiger partial charge in [0.1, 0.15) is 0 Å². The number of likely N-dealkylation sites (N-methyl/N-ethyl adjacent to an activating group) is 1. The first-order valence-electron chi connectivity index (χ1n) is 11.1. The lowest BCUT2D eigenvalue weighted by Gasteiger charge is -2.54. The number of allylic oxidation sites excluding steroid dienone is 3. The van der Waals surface area contributed by atoms with E-state index in [-0.39, 0.29) is 17.4 Å². The summed E-state index contributed by atoms with van der Waals surface area (Å²) in [7, 11) is 0.